The van der Waals surface area contributed by atoms with E-state index in [0.717, 1.165) is 0 Å². The van der Waals surface area contributed by atoms with Gasteiger partial charge in [0.15, 0.2) is 0 Å². The van der Waals surface area contributed by atoms with Gasteiger partial charge in [-0.25, -0.2) is 13.2 Å². The predicted octanol–water partition coefficient (Wildman–Crippen LogP) is 1.45. The van der Waals surface area contributed by atoms with Crippen molar-refractivity contribution in [2.24, 2.45) is 0 Å². The first-order valence-corrected chi connectivity index (χ1v) is 6.36. The predicted molar refractivity (Wildman–Crippen MR) is 61.2 cm³/mol. The minimum atomic E-state index is -3.38. The molecule has 0 aliphatic heterocycles. The molecule has 1 aromatic rings. The molecular weight excluding hydrogens is 230 g/mol. The molecule has 16 heavy (non-hydrogen) atoms. The van der Waals surface area contributed by atoms with E-state index in [1.165, 1.54) is 25.1 Å². The average Bonchev–Trinajstić information content (AvgIpc) is 2.20. The van der Waals surface area contributed by atoms with E-state index in [4.69, 9.17) is 5.11 Å². The summed E-state index contributed by atoms with van der Waals surface area (Å²) < 4.78 is 25.0. The van der Waals surface area contributed by atoms with Gasteiger partial charge in [-0.2, -0.15) is 0 Å². The summed E-state index contributed by atoms with van der Waals surface area (Å²) >= 11 is 0. The summed E-state index contributed by atoms with van der Waals surface area (Å²) in [6.07, 6.45) is 0. The molecule has 88 valence electrons. The van der Waals surface area contributed by atoms with E-state index in [2.05, 4.69) is 4.72 Å². The molecule has 0 bridgehead atoms. The lowest BCUT2D eigenvalue weighted by atomic mass is 10.1. The molecule has 1 aromatic carbocycles. The molecule has 5 nitrogen and oxygen atoms in total. The van der Waals surface area contributed by atoms with Crippen LogP contribution in [0.25, 0.3) is 0 Å². The van der Waals surface area contributed by atoms with Crippen LogP contribution in [0.1, 0.15) is 22.8 Å². The zero-order valence-corrected chi connectivity index (χ0v) is 9.84. The van der Waals surface area contributed by atoms with Gasteiger partial charge in [0, 0.05) is 0 Å². The van der Waals surface area contributed by atoms with E-state index in [1.807, 2.05) is 0 Å². The third-order valence-electron chi connectivity index (χ3n) is 2.21. The maximum atomic E-state index is 11.3. The number of carboxylic acids is 1. The molecular formula is C10H13NO4S. The number of carboxylic acid groups (broad SMARTS) is 1. The van der Waals surface area contributed by atoms with Gasteiger partial charge in [0.1, 0.15) is 0 Å². The van der Waals surface area contributed by atoms with Gasteiger partial charge in [0.2, 0.25) is 10.0 Å². The Morgan fingerprint density at radius 3 is 2.56 bits per heavy atom. The summed E-state index contributed by atoms with van der Waals surface area (Å²) in [7, 11) is -3.38. The number of hydrogen-bond donors (Lipinski definition) is 2. The molecule has 0 aromatic heterocycles. The Kier molecular flexibility index (Phi) is 3.54. The summed E-state index contributed by atoms with van der Waals surface area (Å²) in [6, 6.07) is 4.47. The molecule has 6 heteroatoms. The molecule has 0 fully saturated rings. The molecule has 0 unspecified atom stereocenters. The summed E-state index contributed by atoms with van der Waals surface area (Å²) in [5, 5.41) is 8.87. The fraction of sp³-hybridized carbons (Fsp3) is 0.300. The largest absolute Gasteiger partial charge is 0.478 e. The number of nitrogens with one attached hydrogen (secondary N) is 1. The molecule has 0 saturated carbocycles. The van der Waals surface area contributed by atoms with E-state index >= 15 is 0 Å². The van der Waals surface area contributed by atoms with Crippen LogP contribution < -0.4 is 4.72 Å². The molecule has 0 amide bonds. The average molecular weight is 243 g/mol. The van der Waals surface area contributed by atoms with Crippen LogP contribution >= 0.6 is 0 Å². The monoisotopic (exact) mass is 243 g/mol. The number of carbonyl (C=O) groups is 1. The fourth-order valence-electron chi connectivity index (χ4n) is 1.22. The van der Waals surface area contributed by atoms with Gasteiger partial charge in [0.05, 0.1) is 17.0 Å². The highest BCUT2D eigenvalue weighted by molar-refractivity contribution is 7.92. The summed E-state index contributed by atoms with van der Waals surface area (Å²) in [4.78, 5) is 10.8. The van der Waals surface area contributed by atoms with Crippen molar-refractivity contribution in [3.8, 4) is 0 Å². The van der Waals surface area contributed by atoms with Crippen molar-refractivity contribution >= 4 is 21.7 Å². The summed E-state index contributed by atoms with van der Waals surface area (Å²) in [5.41, 5.74) is 0.810. The standard InChI is InChI=1S/C10H13NO4S/c1-3-16(14,15)11-9-6-4-5-8(7(9)2)10(12)13/h4-6,11H,3H2,1-2H3,(H,12,13). The highest BCUT2D eigenvalue weighted by atomic mass is 32.2. The highest BCUT2D eigenvalue weighted by Crippen LogP contribution is 2.20. The van der Waals surface area contributed by atoms with E-state index in [1.54, 1.807) is 6.92 Å². The van der Waals surface area contributed by atoms with Crippen LogP contribution in [-0.2, 0) is 10.0 Å². The molecule has 0 heterocycles. The van der Waals surface area contributed by atoms with Gasteiger partial charge in [-0.3, -0.25) is 4.72 Å². The van der Waals surface area contributed by atoms with Gasteiger partial charge >= 0.3 is 5.97 Å². The smallest absolute Gasteiger partial charge is 0.336 e. The molecule has 0 saturated heterocycles. The molecule has 0 aliphatic carbocycles. The number of hydrogen-bond acceptors (Lipinski definition) is 3. The second-order valence-corrected chi connectivity index (χ2v) is 5.30. The number of rotatable bonds is 4. The number of benzene rings is 1. The van der Waals surface area contributed by atoms with Crippen LogP contribution in [0.2, 0.25) is 0 Å². The Balaban J connectivity index is 3.17. The SMILES string of the molecule is CCS(=O)(=O)Nc1cccc(C(=O)O)c1C. The van der Waals surface area contributed by atoms with E-state index in [-0.39, 0.29) is 11.3 Å². The quantitative estimate of drug-likeness (QED) is 0.838. The fourth-order valence-corrected chi connectivity index (χ4v) is 1.92. The Bertz CT molecular complexity index is 508. The second kappa shape index (κ2) is 4.52. The van der Waals surface area contributed by atoms with Crippen LogP contribution in [-0.4, -0.2) is 25.2 Å². The normalized spacial score (nSPS) is 11.1. The van der Waals surface area contributed by atoms with Crippen LogP contribution in [0.4, 0.5) is 5.69 Å². The highest BCUT2D eigenvalue weighted by Gasteiger charge is 2.13. The zero-order valence-electron chi connectivity index (χ0n) is 9.02. The van der Waals surface area contributed by atoms with Crippen molar-refractivity contribution in [2.45, 2.75) is 13.8 Å². The molecule has 1 rings (SSSR count). The van der Waals surface area contributed by atoms with E-state index in [9.17, 15) is 13.2 Å². The van der Waals surface area contributed by atoms with Gasteiger partial charge in [-0.1, -0.05) is 6.07 Å². The molecule has 0 aliphatic rings. The maximum absolute atomic E-state index is 11.3. The van der Waals surface area contributed by atoms with Crippen molar-refractivity contribution in [1.29, 1.82) is 0 Å². The third-order valence-corrected chi connectivity index (χ3v) is 3.50. The van der Waals surface area contributed by atoms with Gasteiger partial charge in [0.25, 0.3) is 0 Å². The minimum Gasteiger partial charge on any atom is -0.478 e. The first-order chi connectivity index (χ1) is 7.37. The van der Waals surface area contributed by atoms with Crippen LogP contribution in [0, 0.1) is 6.92 Å². The minimum absolute atomic E-state index is 0.0518. The Morgan fingerprint density at radius 2 is 2.06 bits per heavy atom. The van der Waals surface area contributed by atoms with Crippen LogP contribution in [0.3, 0.4) is 0 Å². The van der Waals surface area contributed by atoms with Gasteiger partial charge in [-0.15, -0.1) is 0 Å². The van der Waals surface area contributed by atoms with Gasteiger partial charge in [-0.05, 0) is 31.5 Å². The van der Waals surface area contributed by atoms with Crippen LogP contribution in [0.5, 0.6) is 0 Å². The lowest BCUT2D eigenvalue weighted by Gasteiger charge is -2.10. The first-order valence-electron chi connectivity index (χ1n) is 4.70. The van der Waals surface area contributed by atoms with E-state index in [0.29, 0.717) is 11.3 Å². The second-order valence-electron chi connectivity index (χ2n) is 3.29. The summed E-state index contributed by atoms with van der Waals surface area (Å²) in [5.74, 6) is -1.13. The zero-order chi connectivity index (χ0) is 12.3. The number of anilines is 1. The Hall–Kier alpha value is -1.56. The Labute approximate surface area is 94.2 Å². The van der Waals surface area contributed by atoms with Crippen molar-refractivity contribution in [3.63, 3.8) is 0 Å². The summed E-state index contributed by atoms with van der Waals surface area (Å²) in [6.45, 7) is 3.08. The Morgan fingerprint density at radius 1 is 1.44 bits per heavy atom. The first kappa shape index (κ1) is 12.5. The molecule has 0 radical (unpaired) electrons. The van der Waals surface area contributed by atoms with Crippen LogP contribution in [0.15, 0.2) is 18.2 Å². The third kappa shape index (κ3) is 2.73. The van der Waals surface area contributed by atoms with Crippen molar-refractivity contribution in [3.05, 3.63) is 29.3 Å². The maximum Gasteiger partial charge on any atom is 0.336 e. The lowest BCUT2D eigenvalue weighted by Crippen LogP contribution is -2.16. The molecule has 0 atom stereocenters. The number of aromatic carboxylic acids is 1. The molecule has 0 spiro atoms. The van der Waals surface area contributed by atoms with E-state index < -0.39 is 16.0 Å². The number of sulfonamides is 1. The topological polar surface area (TPSA) is 83.5 Å². The van der Waals surface area contributed by atoms with Gasteiger partial charge < -0.3 is 5.11 Å². The molecule has 2 N–H and O–H groups in total. The van der Waals surface area contributed by atoms with Crippen molar-refractivity contribution in [1.82, 2.24) is 0 Å². The lowest BCUT2D eigenvalue weighted by molar-refractivity contribution is 0.0696. The van der Waals surface area contributed by atoms with Crippen molar-refractivity contribution < 1.29 is 18.3 Å². The van der Waals surface area contributed by atoms with Crippen molar-refractivity contribution in [2.75, 3.05) is 10.5 Å².